The van der Waals surface area contributed by atoms with Gasteiger partial charge in [0.25, 0.3) is 0 Å². The Balaban J connectivity index is 1.29. The topological polar surface area (TPSA) is 58.4 Å². The van der Waals surface area contributed by atoms with Crippen molar-refractivity contribution < 1.29 is 9.21 Å². The quantitative estimate of drug-likeness (QED) is 0.656. The van der Waals surface area contributed by atoms with Crippen LogP contribution in [-0.4, -0.2) is 34.9 Å². The molecule has 0 bridgehead atoms. The number of carbonyl (C=O) groups excluding carboxylic acids is 1. The van der Waals surface area contributed by atoms with Crippen molar-refractivity contribution in [2.75, 3.05) is 13.1 Å². The molecular formula is C22H27N3O2S. The molecule has 0 atom stereocenters. The van der Waals surface area contributed by atoms with Crippen LogP contribution in [-0.2, 0) is 11.3 Å². The first-order chi connectivity index (χ1) is 13.6. The monoisotopic (exact) mass is 397 g/mol. The number of amides is 1. The summed E-state index contributed by atoms with van der Waals surface area (Å²) in [5.74, 6) is 2.46. The maximum atomic E-state index is 12.2. The standard InChI is InChI=1S/C22H27N3O2S/c1-15(2)13-21(26)25-11-9-16(10-12-25)23-14-17-7-8-19(27-17)22-24-18-5-3-4-6-20(18)28-22/h3-8,15-16,23H,9-14H2,1-2H3. The number of piperidine rings is 1. The highest BCUT2D eigenvalue weighted by molar-refractivity contribution is 7.21. The summed E-state index contributed by atoms with van der Waals surface area (Å²) in [7, 11) is 0. The van der Waals surface area contributed by atoms with Crippen LogP contribution >= 0.6 is 11.3 Å². The van der Waals surface area contributed by atoms with Gasteiger partial charge in [-0.05, 0) is 43.0 Å². The van der Waals surface area contributed by atoms with Crippen molar-refractivity contribution in [3.63, 3.8) is 0 Å². The van der Waals surface area contributed by atoms with E-state index >= 15 is 0 Å². The molecule has 0 aliphatic carbocycles. The fourth-order valence-corrected chi connectivity index (χ4v) is 4.55. The average molecular weight is 398 g/mol. The van der Waals surface area contributed by atoms with Crippen LogP contribution in [0.1, 0.15) is 38.9 Å². The molecular weight excluding hydrogens is 370 g/mol. The number of furan rings is 1. The lowest BCUT2D eigenvalue weighted by atomic mass is 10.0. The van der Waals surface area contributed by atoms with Gasteiger partial charge >= 0.3 is 0 Å². The van der Waals surface area contributed by atoms with Gasteiger partial charge in [-0.1, -0.05) is 26.0 Å². The molecule has 2 aromatic heterocycles. The Labute approximate surface area is 169 Å². The molecule has 0 saturated carbocycles. The van der Waals surface area contributed by atoms with Crippen LogP contribution in [0.5, 0.6) is 0 Å². The Kier molecular flexibility index (Phi) is 5.78. The number of thiazole rings is 1. The third-order valence-electron chi connectivity index (χ3n) is 5.16. The molecule has 0 spiro atoms. The number of fused-ring (bicyclic) bond motifs is 1. The first kappa shape index (κ1) is 19.2. The fraction of sp³-hybridized carbons (Fsp3) is 0.455. The van der Waals surface area contributed by atoms with Crippen molar-refractivity contribution in [2.24, 2.45) is 5.92 Å². The van der Waals surface area contributed by atoms with Crippen molar-refractivity contribution in [3.05, 3.63) is 42.2 Å². The van der Waals surface area contributed by atoms with Gasteiger partial charge in [0.15, 0.2) is 10.8 Å². The second kappa shape index (κ2) is 8.45. The fourth-order valence-electron chi connectivity index (χ4n) is 3.62. The molecule has 1 amide bonds. The molecule has 1 aliphatic rings. The summed E-state index contributed by atoms with van der Waals surface area (Å²) in [6, 6.07) is 12.6. The van der Waals surface area contributed by atoms with E-state index in [4.69, 9.17) is 4.42 Å². The molecule has 1 aliphatic heterocycles. The summed E-state index contributed by atoms with van der Waals surface area (Å²) in [5.41, 5.74) is 1.01. The Morgan fingerprint density at radius 3 is 2.79 bits per heavy atom. The number of para-hydroxylation sites is 1. The lowest BCUT2D eigenvalue weighted by molar-refractivity contribution is -0.133. The summed E-state index contributed by atoms with van der Waals surface area (Å²) in [4.78, 5) is 18.9. The minimum absolute atomic E-state index is 0.292. The van der Waals surface area contributed by atoms with Gasteiger partial charge in [0, 0.05) is 25.6 Å². The van der Waals surface area contributed by atoms with Gasteiger partial charge in [0.1, 0.15) is 5.76 Å². The van der Waals surface area contributed by atoms with E-state index in [2.05, 4.69) is 30.2 Å². The zero-order valence-electron chi connectivity index (χ0n) is 16.5. The van der Waals surface area contributed by atoms with Crippen LogP contribution in [0.25, 0.3) is 21.0 Å². The number of aromatic nitrogens is 1. The Morgan fingerprint density at radius 2 is 2.04 bits per heavy atom. The van der Waals surface area contributed by atoms with Crippen LogP contribution in [0.3, 0.4) is 0 Å². The minimum Gasteiger partial charge on any atom is -0.457 e. The van der Waals surface area contributed by atoms with E-state index in [0.29, 0.717) is 30.8 Å². The van der Waals surface area contributed by atoms with Gasteiger partial charge in [-0.15, -0.1) is 11.3 Å². The van der Waals surface area contributed by atoms with Crippen LogP contribution in [0.15, 0.2) is 40.8 Å². The zero-order valence-corrected chi connectivity index (χ0v) is 17.3. The molecule has 28 heavy (non-hydrogen) atoms. The molecule has 0 unspecified atom stereocenters. The number of rotatable bonds is 6. The normalized spacial score (nSPS) is 15.6. The highest BCUT2D eigenvalue weighted by Crippen LogP contribution is 2.31. The number of nitrogens with one attached hydrogen (secondary N) is 1. The molecule has 6 heteroatoms. The number of likely N-dealkylation sites (tertiary alicyclic amines) is 1. The van der Waals surface area contributed by atoms with E-state index in [0.717, 1.165) is 48.0 Å². The summed E-state index contributed by atoms with van der Waals surface area (Å²) < 4.78 is 7.19. The molecule has 4 rings (SSSR count). The second-order valence-corrected chi connectivity index (χ2v) is 8.92. The molecule has 1 aromatic carbocycles. The smallest absolute Gasteiger partial charge is 0.222 e. The predicted molar refractivity (Wildman–Crippen MR) is 113 cm³/mol. The molecule has 0 radical (unpaired) electrons. The Morgan fingerprint density at radius 1 is 1.25 bits per heavy atom. The maximum Gasteiger partial charge on any atom is 0.222 e. The average Bonchev–Trinajstić information content (AvgIpc) is 3.33. The molecule has 1 saturated heterocycles. The summed E-state index contributed by atoms with van der Waals surface area (Å²) in [6.07, 6.45) is 2.64. The van der Waals surface area contributed by atoms with Crippen LogP contribution in [0.2, 0.25) is 0 Å². The van der Waals surface area contributed by atoms with Crippen molar-refractivity contribution in [1.82, 2.24) is 15.2 Å². The Hall–Kier alpha value is -2.18. The largest absolute Gasteiger partial charge is 0.457 e. The van der Waals surface area contributed by atoms with Gasteiger partial charge < -0.3 is 14.6 Å². The van der Waals surface area contributed by atoms with E-state index in [9.17, 15) is 4.79 Å². The van der Waals surface area contributed by atoms with Crippen molar-refractivity contribution in [2.45, 2.75) is 45.7 Å². The molecule has 1 N–H and O–H groups in total. The summed E-state index contributed by atoms with van der Waals surface area (Å²) in [5, 5.41) is 4.50. The third-order valence-corrected chi connectivity index (χ3v) is 6.21. The van der Waals surface area contributed by atoms with Crippen LogP contribution in [0, 0.1) is 5.92 Å². The van der Waals surface area contributed by atoms with Gasteiger partial charge in [0.05, 0.1) is 16.8 Å². The van der Waals surface area contributed by atoms with E-state index in [1.807, 2.05) is 35.2 Å². The lowest BCUT2D eigenvalue weighted by Gasteiger charge is -2.32. The zero-order chi connectivity index (χ0) is 19.5. The lowest BCUT2D eigenvalue weighted by Crippen LogP contribution is -2.44. The molecule has 5 nitrogen and oxygen atoms in total. The number of nitrogens with zero attached hydrogens (tertiary/aromatic N) is 2. The predicted octanol–water partition coefficient (Wildman–Crippen LogP) is 4.68. The summed E-state index contributed by atoms with van der Waals surface area (Å²) >= 11 is 1.65. The number of hydrogen-bond donors (Lipinski definition) is 1. The Bertz CT molecular complexity index is 905. The number of hydrogen-bond acceptors (Lipinski definition) is 5. The molecule has 3 aromatic rings. The first-order valence-corrected chi connectivity index (χ1v) is 10.9. The maximum absolute atomic E-state index is 12.2. The molecule has 3 heterocycles. The minimum atomic E-state index is 0.292. The van der Waals surface area contributed by atoms with Gasteiger partial charge in [-0.2, -0.15) is 0 Å². The second-order valence-electron chi connectivity index (χ2n) is 7.89. The van der Waals surface area contributed by atoms with Crippen molar-refractivity contribution in [3.8, 4) is 10.8 Å². The SMILES string of the molecule is CC(C)CC(=O)N1CCC(NCc2ccc(-c3nc4ccccc4s3)o2)CC1. The third kappa shape index (κ3) is 4.45. The van der Waals surface area contributed by atoms with Gasteiger partial charge in [-0.25, -0.2) is 4.98 Å². The molecule has 1 fully saturated rings. The van der Waals surface area contributed by atoms with Gasteiger partial charge in [0.2, 0.25) is 5.91 Å². The first-order valence-electron chi connectivity index (χ1n) is 10.0. The van der Waals surface area contributed by atoms with E-state index in [1.54, 1.807) is 11.3 Å². The van der Waals surface area contributed by atoms with Crippen molar-refractivity contribution in [1.29, 1.82) is 0 Å². The summed E-state index contributed by atoms with van der Waals surface area (Å²) in [6.45, 7) is 6.59. The highest BCUT2D eigenvalue weighted by atomic mass is 32.1. The van der Waals surface area contributed by atoms with Crippen molar-refractivity contribution >= 4 is 27.5 Å². The number of carbonyl (C=O) groups is 1. The van der Waals surface area contributed by atoms with Crippen LogP contribution in [0.4, 0.5) is 0 Å². The number of benzene rings is 1. The van der Waals surface area contributed by atoms with E-state index in [-0.39, 0.29) is 0 Å². The van der Waals surface area contributed by atoms with Gasteiger partial charge in [-0.3, -0.25) is 4.79 Å². The molecule has 148 valence electrons. The highest BCUT2D eigenvalue weighted by Gasteiger charge is 2.23. The van der Waals surface area contributed by atoms with Crippen LogP contribution < -0.4 is 5.32 Å². The van der Waals surface area contributed by atoms with E-state index < -0.39 is 0 Å². The van der Waals surface area contributed by atoms with E-state index in [1.165, 1.54) is 4.70 Å².